The molecular formula is C13H25NSi. The Morgan fingerprint density at radius 1 is 1.07 bits per heavy atom. The van der Waals surface area contributed by atoms with Crippen molar-refractivity contribution in [3.05, 3.63) is 11.1 Å². The summed E-state index contributed by atoms with van der Waals surface area (Å²) >= 11 is 0. The van der Waals surface area contributed by atoms with Gasteiger partial charge in [-0.05, 0) is 18.9 Å². The molecular weight excluding hydrogens is 198 g/mol. The molecule has 0 aromatic rings. The molecule has 15 heavy (non-hydrogen) atoms. The minimum Gasteiger partial charge on any atom is -0.193 e. The zero-order valence-electron chi connectivity index (χ0n) is 11.0. The van der Waals surface area contributed by atoms with E-state index in [0.717, 1.165) is 31.3 Å². The molecule has 0 rings (SSSR count). The van der Waals surface area contributed by atoms with E-state index < -0.39 is 8.07 Å². The van der Waals surface area contributed by atoms with Crippen LogP contribution in [0, 0.1) is 11.3 Å². The van der Waals surface area contributed by atoms with E-state index in [1.807, 2.05) is 0 Å². The molecule has 0 amide bonds. The molecule has 0 heterocycles. The second kappa shape index (κ2) is 6.84. The fourth-order valence-electron chi connectivity index (χ4n) is 1.85. The van der Waals surface area contributed by atoms with Crippen LogP contribution in [0.3, 0.4) is 0 Å². The monoisotopic (exact) mass is 223 g/mol. The summed E-state index contributed by atoms with van der Waals surface area (Å²) in [7, 11) is -1.07. The molecule has 0 aliphatic carbocycles. The van der Waals surface area contributed by atoms with Crippen molar-refractivity contribution in [2.45, 2.75) is 65.2 Å². The van der Waals surface area contributed by atoms with E-state index in [1.54, 1.807) is 0 Å². The lowest BCUT2D eigenvalue weighted by molar-refractivity contribution is 0.851. The highest BCUT2D eigenvalue weighted by atomic mass is 28.3. The Bertz CT molecular complexity index is 253. The molecule has 86 valence electrons. The quantitative estimate of drug-likeness (QED) is 0.471. The molecule has 0 aliphatic rings. The van der Waals surface area contributed by atoms with Gasteiger partial charge < -0.3 is 0 Å². The molecule has 0 fully saturated rings. The van der Waals surface area contributed by atoms with Crippen LogP contribution >= 0.6 is 0 Å². The molecule has 0 saturated heterocycles. The van der Waals surface area contributed by atoms with Crippen molar-refractivity contribution in [3.8, 4) is 6.07 Å². The van der Waals surface area contributed by atoms with Crippen molar-refractivity contribution >= 4 is 8.07 Å². The van der Waals surface area contributed by atoms with Crippen molar-refractivity contribution in [2.24, 2.45) is 0 Å². The summed E-state index contributed by atoms with van der Waals surface area (Å²) in [5, 5.41) is 9.16. The molecule has 0 aromatic carbocycles. The van der Waals surface area contributed by atoms with Gasteiger partial charge in [-0.2, -0.15) is 5.26 Å². The summed E-state index contributed by atoms with van der Waals surface area (Å²) in [6, 6.07) is 3.61. The maximum atomic E-state index is 9.16. The van der Waals surface area contributed by atoms with Crippen LogP contribution in [0.25, 0.3) is 0 Å². The van der Waals surface area contributed by atoms with Gasteiger partial charge in [0.1, 0.15) is 0 Å². The predicted octanol–water partition coefficient (Wildman–Crippen LogP) is 4.74. The van der Waals surface area contributed by atoms with Gasteiger partial charge in [0, 0.05) is 13.6 Å². The molecule has 0 aliphatic heterocycles. The first-order valence-electron chi connectivity index (χ1n) is 6.05. The highest BCUT2D eigenvalue weighted by Crippen LogP contribution is 2.25. The minimum atomic E-state index is -1.07. The fourth-order valence-corrected chi connectivity index (χ4v) is 3.52. The number of nitriles is 1. The summed E-state index contributed by atoms with van der Waals surface area (Å²) in [5.74, 6) is 0. The first kappa shape index (κ1) is 14.4. The first-order chi connectivity index (χ1) is 6.94. The number of hydrogen-bond acceptors (Lipinski definition) is 1. The standard InChI is InChI=1S/C13H25NSi/c1-6-8-12(10-14)13(9-7-2)11-15(3,4)5/h6-9,11H2,1-5H3/b13-12+. The van der Waals surface area contributed by atoms with Crippen LogP contribution in [0.4, 0.5) is 0 Å². The third kappa shape index (κ3) is 6.51. The molecule has 0 aromatic heterocycles. The maximum Gasteiger partial charge on any atom is 0.0946 e. The van der Waals surface area contributed by atoms with E-state index in [0.29, 0.717) is 0 Å². The van der Waals surface area contributed by atoms with Crippen LogP contribution in [0.5, 0.6) is 0 Å². The zero-order valence-corrected chi connectivity index (χ0v) is 12.0. The normalized spacial score (nSPS) is 13.3. The van der Waals surface area contributed by atoms with Crippen LogP contribution in [-0.4, -0.2) is 8.07 Å². The maximum absolute atomic E-state index is 9.16. The third-order valence-corrected chi connectivity index (χ3v) is 3.84. The Morgan fingerprint density at radius 2 is 1.60 bits per heavy atom. The smallest absolute Gasteiger partial charge is 0.0946 e. The van der Waals surface area contributed by atoms with Gasteiger partial charge in [0.15, 0.2) is 0 Å². The highest BCUT2D eigenvalue weighted by Gasteiger charge is 2.17. The van der Waals surface area contributed by atoms with E-state index >= 15 is 0 Å². The Morgan fingerprint density at radius 3 is 1.93 bits per heavy atom. The molecule has 2 heteroatoms. The van der Waals surface area contributed by atoms with E-state index in [-0.39, 0.29) is 0 Å². The SMILES string of the molecule is CCC/C(C#N)=C(/CCC)C[Si](C)(C)C. The van der Waals surface area contributed by atoms with Crippen LogP contribution in [-0.2, 0) is 0 Å². The average molecular weight is 223 g/mol. The van der Waals surface area contributed by atoms with E-state index in [1.165, 1.54) is 11.6 Å². The third-order valence-electron chi connectivity index (χ3n) is 2.36. The lowest BCUT2D eigenvalue weighted by Crippen LogP contribution is -2.20. The van der Waals surface area contributed by atoms with Gasteiger partial charge >= 0.3 is 0 Å². The summed E-state index contributed by atoms with van der Waals surface area (Å²) < 4.78 is 0. The molecule has 0 bridgehead atoms. The zero-order chi connectivity index (χ0) is 11.9. The van der Waals surface area contributed by atoms with Gasteiger partial charge in [-0.15, -0.1) is 0 Å². The molecule has 0 radical (unpaired) electrons. The Balaban J connectivity index is 4.82. The van der Waals surface area contributed by atoms with Gasteiger partial charge in [-0.1, -0.05) is 51.9 Å². The van der Waals surface area contributed by atoms with Gasteiger partial charge in [0.25, 0.3) is 0 Å². The summed E-state index contributed by atoms with van der Waals surface area (Å²) in [6.07, 6.45) is 4.33. The molecule has 0 saturated carbocycles. The Labute approximate surface area is 96.2 Å². The second-order valence-corrected chi connectivity index (χ2v) is 10.9. The fraction of sp³-hybridized carbons (Fsp3) is 0.769. The van der Waals surface area contributed by atoms with Gasteiger partial charge in [0.05, 0.1) is 6.07 Å². The van der Waals surface area contributed by atoms with Crippen LogP contribution < -0.4 is 0 Å². The summed E-state index contributed by atoms with van der Waals surface area (Å²) in [6.45, 7) is 11.5. The summed E-state index contributed by atoms with van der Waals surface area (Å²) in [4.78, 5) is 0. The van der Waals surface area contributed by atoms with Crippen LogP contribution in [0.1, 0.15) is 39.5 Å². The topological polar surface area (TPSA) is 23.8 Å². The number of nitrogens with zero attached hydrogens (tertiary/aromatic N) is 1. The predicted molar refractivity (Wildman–Crippen MR) is 70.6 cm³/mol. The molecule has 0 unspecified atom stereocenters. The highest BCUT2D eigenvalue weighted by molar-refractivity contribution is 6.76. The van der Waals surface area contributed by atoms with Crippen molar-refractivity contribution in [2.75, 3.05) is 0 Å². The lowest BCUT2D eigenvalue weighted by atomic mass is 10.0. The second-order valence-electron chi connectivity index (χ2n) is 5.43. The molecule has 0 atom stereocenters. The minimum absolute atomic E-state index is 0.969. The van der Waals surface area contributed by atoms with Gasteiger partial charge in [-0.25, -0.2) is 0 Å². The van der Waals surface area contributed by atoms with Crippen molar-refractivity contribution in [1.29, 1.82) is 5.26 Å². The van der Waals surface area contributed by atoms with E-state index in [2.05, 4.69) is 39.6 Å². The summed E-state index contributed by atoms with van der Waals surface area (Å²) in [5.41, 5.74) is 2.52. The van der Waals surface area contributed by atoms with E-state index in [9.17, 15) is 0 Å². The van der Waals surface area contributed by atoms with Gasteiger partial charge in [0.2, 0.25) is 0 Å². The Hall–Kier alpha value is -0.553. The Kier molecular flexibility index (Phi) is 6.59. The van der Waals surface area contributed by atoms with Crippen molar-refractivity contribution in [3.63, 3.8) is 0 Å². The average Bonchev–Trinajstić information content (AvgIpc) is 2.11. The van der Waals surface area contributed by atoms with Crippen LogP contribution in [0.15, 0.2) is 11.1 Å². The van der Waals surface area contributed by atoms with E-state index in [4.69, 9.17) is 5.26 Å². The number of allylic oxidation sites excluding steroid dienone is 2. The molecule has 0 N–H and O–H groups in total. The molecule has 0 spiro atoms. The van der Waals surface area contributed by atoms with Crippen molar-refractivity contribution < 1.29 is 0 Å². The lowest BCUT2D eigenvalue weighted by Gasteiger charge is -2.19. The van der Waals surface area contributed by atoms with Gasteiger partial charge in [-0.3, -0.25) is 0 Å². The van der Waals surface area contributed by atoms with Crippen LogP contribution in [0.2, 0.25) is 25.7 Å². The first-order valence-corrected chi connectivity index (χ1v) is 9.76. The number of rotatable bonds is 6. The number of hydrogen-bond donors (Lipinski definition) is 0. The molecule has 1 nitrogen and oxygen atoms in total. The van der Waals surface area contributed by atoms with Crippen molar-refractivity contribution in [1.82, 2.24) is 0 Å². The largest absolute Gasteiger partial charge is 0.193 e.